The maximum absolute atomic E-state index is 12.4. The molecule has 5 nitrogen and oxygen atoms in total. The summed E-state index contributed by atoms with van der Waals surface area (Å²) in [6, 6.07) is 22.9. The fourth-order valence-corrected chi connectivity index (χ4v) is 3.83. The van der Waals surface area contributed by atoms with Crippen molar-refractivity contribution in [3.8, 4) is 5.75 Å². The highest BCUT2D eigenvalue weighted by Crippen LogP contribution is 2.30. The van der Waals surface area contributed by atoms with Crippen molar-refractivity contribution in [1.29, 1.82) is 0 Å². The molecule has 6 heteroatoms. The molecule has 0 fully saturated rings. The molecule has 0 bridgehead atoms. The molecule has 0 aromatic heterocycles. The third-order valence-electron chi connectivity index (χ3n) is 5.41. The van der Waals surface area contributed by atoms with E-state index >= 15 is 0 Å². The second-order valence-corrected chi connectivity index (χ2v) is 8.80. The van der Waals surface area contributed by atoms with Gasteiger partial charge in [-0.1, -0.05) is 56.3 Å². The van der Waals surface area contributed by atoms with Crippen molar-refractivity contribution in [3.05, 3.63) is 88.4 Å². The van der Waals surface area contributed by atoms with Crippen molar-refractivity contribution in [2.75, 3.05) is 17.2 Å². The van der Waals surface area contributed by atoms with Gasteiger partial charge in [0, 0.05) is 17.8 Å². The molecule has 1 unspecified atom stereocenters. The highest BCUT2D eigenvalue weighted by molar-refractivity contribution is 9.10. The highest BCUT2D eigenvalue weighted by Gasteiger charge is 2.10. The van der Waals surface area contributed by atoms with Gasteiger partial charge in [-0.15, -0.1) is 0 Å². The van der Waals surface area contributed by atoms with E-state index in [0.717, 1.165) is 16.5 Å². The summed E-state index contributed by atoms with van der Waals surface area (Å²) >= 11 is 3.52. The number of hydrogen-bond acceptors (Lipinski definition) is 3. The number of anilines is 2. The Morgan fingerprint density at radius 2 is 1.61 bits per heavy atom. The van der Waals surface area contributed by atoms with E-state index in [4.69, 9.17) is 4.74 Å². The van der Waals surface area contributed by atoms with E-state index in [1.807, 2.05) is 48.5 Å². The van der Waals surface area contributed by atoms with Gasteiger partial charge in [-0.2, -0.15) is 0 Å². The Balaban J connectivity index is 1.49. The lowest BCUT2D eigenvalue weighted by molar-refractivity contribution is -0.118. The second-order valence-electron chi connectivity index (χ2n) is 7.95. The van der Waals surface area contributed by atoms with Crippen molar-refractivity contribution in [1.82, 2.24) is 0 Å². The predicted octanol–water partition coefficient (Wildman–Crippen LogP) is 6.55. The average molecular weight is 509 g/mol. The van der Waals surface area contributed by atoms with E-state index in [-0.39, 0.29) is 18.4 Å². The first-order valence-corrected chi connectivity index (χ1v) is 11.9. The zero-order chi connectivity index (χ0) is 23.6. The van der Waals surface area contributed by atoms with E-state index in [9.17, 15) is 9.59 Å². The van der Waals surface area contributed by atoms with Crippen LogP contribution in [0.3, 0.4) is 0 Å². The molecule has 172 valence electrons. The average Bonchev–Trinajstić information content (AvgIpc) is 2.82. The molecule has 1 atom stereocenters. The lowest BCUT2D eigenvalue weighted by Crippen LogP contribution is -2.20. The number of carbonyl (C=O) groups excluding carboxylic acids is 2. The molecule has 2 amide bonds. The summed E-state index contributed by atoms with van der Waals surface area (Å²) in [4.78, 5) is 24.6. The molecular weight excluding hydrogens is 480 g/mol. The smallest absolute Gasteiger partial charge is 0.262 e. The van der Waals surface area contributed by atoms with Gasteiger partial charge in [-0.25, -0.2) is 0 Å². The van der Waals surface area contributed by atoms with Crippen LogP contribution in [0.1, 0.15) is 43.7 Å². The third kappa shape index (κ3) is 7.75. The number of halogens is 1. The molecule has 0 spiro atoms. The maximum Gasteiger partial charge on any atom is 0.262 e. The van der Waals surface area contributed by atoms with Crippen molar-refractivity contribution in [3.63, 3.8) is 0 Å². The molecule has 3 aromatic rings. The van der Waals surface area contributed by atoms with Crippen LogP contribution in [0.4, 0.5) is 11.4 Å². The number of rotatable bonds is 10. The molecule has 3 aromatic carbocycles. The molecule has 2 N–H and O–H groups in total. The van der Waals surface area contributed by atoms with Gasteiger partial charge < -0.3 is 15.4 Å². The van der Waals surface area contributed by atoms with E-state index in [2.05, 4.69) is 40.4 Å². The van der Waals surface area contributed by atoms with E-state index in [1.165, 1.54) is 5.56 Å². The number of amides is 2. The fraction of sp³-hybridized carbons (Fsp3) is 0.259. The Labute approximate surface area is 203 Å². The zero-order valence-corrected chi connectivity index (χ0v) is 20.5. The summed E-state index contributed by atoms with van der Waals surface area (Å²) in [7, 11) is 0. The number of hydrogen-bond donors (Lipinski definition) is 2. The quantitative estimate of drug-likeness (QED) is 0.326. The lowest BCUT2D eigenvalue weighted by Gasteiger charge is -2.13. The number of carbonyl (C=O) groups is 2. The third-order valence-corrected chi connectivity index (χ3v) is 6.03. The highest BCUT2D eigenvalue weighted by atomic mass is 79.9. The van der Waals surface area contributed by atoms with Gasteiger partial charge >= 0.3 is 0 Å². The number of ether oxygens (including phenoxy) is 1. The van der Waals surface area contributed by atoms with Crippen LogP contribution >= 0.6 is 15.9 Å². The Morgan fingerprint density at radius 3 is 2.27 bits per heavy atom. The molecule has 0 saturated carbocycles. The first kappa shape index (κ1) is 24.5. The van der Waals surface area contributed by atoms with Gasteiger partial charge in [-0.05, 0) is 76.1 Å². The van der Waals surface area contributed by atoms with Gasteiger partial charge in [-0.3, -0.25) is 9.59 Å². The Kier molecular flexibility index (Phi) is 9.07. The normalized spacial score (nSPS) is 11.5. The first-order chi connectivity index (χ1) is 15.9. The fourth-order valence-electron chi connectivity index (χ4n) is 3.32. The number of nitrogens with one attached hydrogen (secondary N) is 2. The van der Waals surface area contributed by atoms with Crippen molar-refractivity contribution >= 4 is 39.1 Å². The number of aryl methyl sites for hydroxylation is 1. The summed E-state index contributed by atoms with van der Waals surface area (Å²) < 4.78 is 6.51. The van der Waals surface area contributed by atoms with Crippen LogP contribution in [0.5, 0.6) is 5.75 Å². The minimum absolute atomic E-state index is 0.0728. The lowest BCUT2D eigenvalue weighted by atomic mass is 9.99. The zero-order valence-electron chi connectivity index (χ0n) is 18.9. The Hall–Kier alpha value is -3.12. The van der Waals surface area contributed by atoms with Crippen LogP contribution < -0.4 is 15.4 Å². The van der Waals surface area contributed by atoms with Crippen molar-refractivity contribution < 1.29 is 14.3 Å². The summed E-state index contributed by atoms with van der Waals surface area (Å²) in [6.45, 7) is 4.21. The van der Waals surface area contributed by atoms with Gasteiger partial charge in [0.15, 0.2) is 6.61 Å². The number of benzene rings is 3. The van der Waals surface area contributed by atoms with Crippen LogP contribution in [-0.4, -0.2) is 18.4 Å². The molecule has 0 heterocycles. The molecule has 0 aliphatic carbocycles. The van der Waals surface area contributed by atoms with Crippen LogP contribution in [0, 0.1) is 0 Å². The molecule has 0 aliphatic heterocycles. The van der Waals surface area contributed by atoms with Crippen molar-refractivity contribution in [2.45, 2.75) is 39.0 Å². The molecule has 0 radical (unpaired) electrons. The van der Waals surface area contributed by atoms with Gasteiger partial charge in [0.05, 0.1) is 4.47 Å². The summed E-state index contributed by atoms with van der Waals surface area (Å²) in [5.41, 5.74) is 3.57. The monoisotopic (exact) mass is 508 g/mol. The Morgan fingerprint density at radius 1 is 0.909 bits per heavy atom. The second kappa shape index (κ2) is 12.2. The minimum atomic E-state index is -0.277. The van der Waals surface area contributed by atoms with Gasteiger partial charge in [0.25, 0.3) is 5.91 Å². The Bertz CT molecular complexity index is 1090. The summed E-state index contributed by atoms with van der Waals surface area (Å²) in [5, 5.41) is 5.69. The largest absolute Gasteiger partial charge is 0.483 e. The SMILES string of the molecule is CCC(C)c1ccc(OCC(=O)Nc2cccc(NC(=O)CCc3ccccc3)c2)c(Br)c1. The predicted molar refractivity (Wildman–Crippen MR) is 137 cm³/mol. The van der Waals surface area contributed by atoms with Crippen LogP contribution in [0.15, 0.2) is 77.3 Å². The maximum atomic E-state index is 12.4. The van der Waals surface area contributed by atoms with Crippen LogP contribution in [0.25, 0.3) is 0 Å². The minimum Gasteiger partial charge on any atom is -0.483 e. The topological polar surface area (TPSA) is 67.4 Å². The standard InChI is InChI=1S/C27H29BrN2O3/c1-3-19(2)21-13-14-25(24(28)16-21)33-18-27(32)30-23-11-7-10-22(17-23)29-26(31)15-12-20-8-5-4-6-9-20/h4-11,13-14,16-17,19H,3,12,15,18H2,1-2H3,(H,29,31)(H,30,32). The van der Waals surface area contributed by atoms with E-state index in [1.54, 1.807) is 24.3 Å². The van der Waals surface area contributed by atoms with Gasteiger partial charge in [0.2, 0.25) is 5.91 Å². The van der Waals surface area contributed by atoms with Crippen LogP contribution in [0.2, 0.25) is 0 Å². The van der Waals surface area contributed by atoms with Crippen molar-refractivity contribution in [2.24, 2.45) is 0 Å². The molecule has 0 saturated heterocycles. The first-order valence-electron chi connectivity index (χ1n) is 11.1. The molecular formula is C27H29BrN2O3. The van der Waals surface area contributed by atoms with E-state index < -0.39 is 0 Å². The summed E-state index contributed by atoms with van der Waals surface area (Å²) in [6.07, 6.45) is 2.12. The van der Waals surface area contributed by atoms with Crippen LogP contribution in [-0.2, 0) is 16.0 Å². The van der Waals surface area contributed by atoms with Gasteiger partial charge in [0.1, 0.15) is 5.75 Å². The molecule has 33 heavy (non-hydrogen) atoms. The molecule has 3 rings (SSSR count). The van der Waals surface area contributed by atoms with E-state index in [0.29, 0.717) is 35.9 Å². The summed E-state index contributed by atoms with van der Waals surface area (Å²) in [5.74, 6) is 0.734. The molecule has 0 aliphatic rings.